The number of rotatable bonds is 6. The lowest BCUT2D eigenvalue weighted by Crippen LogP contribution is -2.29. The Labute approximate surface area is 145 Å². The molecule has 3 aromatic heterocycles. The Balaban J connectivity index is 2.22. The van der Waals surface area contributed by atoms with Crippen LogP contribution in [0.25, 0.3) is 17.1 Å². The van der Waals surface area contributed by atoms with Crippen molar-refractivity contribution in [3.8, 4) is 5.95 Å². The molecule has 0 aliphatic rings. The van der Waals surface area contributed by atoms with Crippen LogP contribution in [0.4, 0.5) is 0 Å². The van der Waals surface area contributed by atoms with Gasteiger partial charge in [0, 0.05) is 19.3 Å². The van der Waals surface area contributed by atoms with Gasteiger partial charge in [-0.25, -0.2) is 9.48 Å². The van der Waals surface area contributed by atoms with E-state index in [1.165, 1.54) is 4.57 Å². The first kappa shape index (κ1) is 17.2. The van der Waals surface area contributed by atoms with Crippen LogP contribution in [0, 0.1) is 13.8 Å². The Hall–Kier alpha value is -2.64. The molecule has 3 rings (SSSR count). The predicted octanol–water partition coefficient (Wildman–Crippen LogP) is 1.81. The molecule has 1 N–H and O–H groups in total. The molecule has 0 fully saturated rings. The van der Waals surface area contributed by atoms with Crippen LogP contribution in [-0.2, 0) is 13.6 Å². The Morgan fingerprint density at radius 1 is 1.16 bits per heavy atom. The molecule has 0 radical (unpaired) electrons. The summed E-state index contributed by atoms with van der Waals surface area (Å²) in [6.45, 7) is 6.68. The summed E-state index contributed by atoms with van der Waals surface area (Å²) >= 11 is 0. The van der Waals surface area contributed by atoms with Crippen molar-refractivity contribution in [2.75, 3.05) is 0 Å². The normalized spacial score (nSPS) is 11.5. The van der Waals surface area contributed by atoms with Crippen molar-refractivity contribution in [2.24, 2.45) is 7.05 Å². The van der Waals surface area contributed by atoms with E-state index in [-0.39, 0.29) is 0 Å². The van der Waals surface area contributed by atoms with Crippen molar-refractivity contribution < 1.29 is 0 Å². The molecule has 134 valence electrons. The molecule has 0 amide bonds. The number of aromatic nitrogens is 6. The number of nitrogens with one attached hydrogen (secondary N) is 1. The summed E-state index contributed by atoms with van der Waals surface area (Å²) in [6.07, 6.45) is 4.31. The summed E-state index contributed by atoms with van der Waals surface area (Å²) in [6, 6.07) is 1.96. The lowest BCUT2D eigenvalue weighted by atomic mass is 10.2. The van der Waals surface area contributed by atoms with Crippen LogP contribution in [0.5, 0.6) is 0 Å². The highest BCUT2D eigenvalue weighted by Crippen LogP contribution is 2.18. The second kappa shape index (κ2) is 6.70. The number of imidazole rings is 1. The maximum absolute atomic E-state index is 12.4. The Morgan fingerprint density at radius 2 is 1.92 bits per heavy atom. The molecule has 8 nitrogen and oxygen atoms in total. The van der Waals surface area contributed by atoms with E-state index < -0.39 is 11.2 Å². The van der Waals surface area contributed by atoms with Crippen LogP contribution in [0.2, 0.25) is 0 Å². The number of hydrogen-bond acceptors (Lipinski definition) is 4. The summed E-state index contributed by atoms with van der Waals surface area (Å²) in [4.78, 5) is 31.3. The smallest absolute Gasteiger partial charge is 0.302 e. The van der Waals surface area contributed by atoms with Gasteiger partial charge in [0.05, 0.1) is 5.69 Å². The highest BCUT2D eigenvalue weighted by Gasteiger charge is 2.19. The summed E-state index contributed by atoms with van der Waals surface area (Å²) < 4.78 is 4.98. The molecular weight excluding hydrogens is 320 g/mol. The molecule has 0 saturated carbocycles. The molecule has 8 heteroatoms. The second-order valence-electron chi connectivity index (χ2n) is 6.45. The van der Waals surface area contributed by atoms with E-state index >= 15 is 0 Å². The molecule has 3 aromatic rings. The van der Waals surface area contributed by atoms with Gasteiger partial charge in [0.25, 0.3) is 5.56 Å². The molecular formula is C17H24N6O2. The van der Waals surface area contributed by atoms with Gasteiger partial charge in [-0.15, -0.1) is 0 Å². The van der Waals surface area contributed by atoms with Crippen molar-refractivity contribution in [1.29, 1.82) is 0 Å². The van der Waals surface area contributed by atoms with E-state index in [4.69, 9.17) is 0 Å². The lowest BCUT2D eigenvalue weighted by molar-refractivity contribution is 0.573. The minimum absolute atomic E-state index is 0.381. The van der Waals surface area contributed by atoms with Crippen molar-refractivity contribution in [3.05, 3.63) is 38.3 Å². The van der Waals surface area contributed by atoms with E-state index in [2.05, 4.69) is 22.0 Å². The summed E-state index contributed by atoms with van der Waals surface area (Å²) in [5, 5.41) is 4.50. The first-order valence-corrected chi connectivity index (χ1v) is 8.67. The molecule has 0 aliphatic heterocycles. The molecule has 0 atom stereocenters. The Bertz CT molecular complexity index is 1020. The summed E-state index contributed by atoms with van der Waals surface area (Å²) in [5.74, 6) is 0.573. The van der Waals surface area contributed by atoms with E-state index in [1.807, 2.05) is 24.5 Å². The van der Waals surface area contributed by atoms with Crippen molar-refractivity contribution in [3.63, 3.8) is 0 Å². The zero-order valence-corrected chi connectivity index (χ0v) is 15.2. The van der Waals surface area contributed by atoms with Crippen molar-refractivity contribution >= 4 is 11.2 Å². The molecule has 25 heavy (non-hydrogen) atoms. The average molecular weight is 344 g/mol. The minimum atomic E-state index is -0.465. The molecule has 0 saturated heterocycles. The number of hydrogen-bond donors (Lipinski definition) is 1. The molecule has 0 aromatic carbocycles. The second-order valence-corrected chi connectivity index (χ2v) is 6.45. The highest BCUT2D eigenvalue weighted by atomic mass is 16.2. The van der Waals surface area contributed by atoms with Gasteiger partial charge in [-0.2, -0.15) is 10.1 Å². The minimum Gasteiger partial charge on any atom is -0.302 e. The molecule has 0 bridgehead atoms. The zero-order valence-electron chi connectivity index (χ0n) is 15.2. The average Bonchev–Trinajstić information content (AvgIpc) is 3.09. The first-order chi connectivity index (χ1) is 11.9. The van der Waals surface area contributed by atoms with Crippen LogP contribution in [0.15, 0.2) is 15.7 Å². The Morgan fingerprint density at radius 3 is 2.56 bits per heavy atom. The fraction of sp³-hybridized carbons (Fsp3) is 0.529. The van der Waals surface area contributed by atoms with Gasteiger partial charge in [-0.1, -0.05) is 26.2 Å². The van der Waals surface area contributed by atoms with Gasteiger partial charge in [0.15, 0.2) is 11.2 Å². The Kier molecular flexibility index (Phi) is 4.61. The number of aromatic amines is 1. The first-order valence-electron chi connectivity index (χ1n) is 8.67. The molecule has 0 aliphatic carbocycles. The van der Waals surface area contributed by atoms with E-state index in [1.54, 1.807) is 11.7 Å². The SMILES string of the molecule is CCCCCCn1c(-n2nc(C)cc2C)nc2c1c(=O)[nH]c(=O)n2C. The van der Waals surface area contributed by atoms with Gasteiger partial charge in [-0.05, 0) is 26.3 Å². The highest BCUT2D eigenvalue weighted by molar-refractivity contribution is 5.72. The van der Waals surface area contributed by atoms with Gasteiger partial charge in [0.2, 0.25) is 5.95 Å². The standard InChI is InChI=1S/C17H24N6O2/c1-5-6-7-8-9-22-13-14(21(4)17(25)19-15(13)24)18-16(22)23-12(3)10-11(2)20-23/h10H,5-9H2,1-4H3,(H,19,24,25). The van der Waals surface area contributed by atoms with Gasteiger partial charge in [0.1, 0.15) is 0 Å². The third-order valence-corrected chi connectivity index (χ3v) is 4.42. The quantitative estimate of drug-likeness (QED) is 0.691. The molecule has 3 heterocycles. The van der Waals surface area contributed by atoms with Crippen LogP contribution in [0.3, 0.4) is 0 Å². The summed E-state index contributed by atoms with van der Waals surface area (Å²) in [7, 11) is 1.61. The third kappa shape index (κ3) is 3.04. The van der Waals surface area contributed by atoms with Crippen LogP contribution in [-0.4, -0.2) is 28.9 Å². The van der Waals surface area contributed by atoms with Crippen molar-refractivity contribution in [2.45, 2.75) is 53.0 Å². The maximum atomic E-state index is 12.4. The van der Waals surface area contributed by atoms with E-state index in [0.717, 1.165) is 37.1 Å². The summed E-state index contributed by atoms with van der Waals surface area (Å²) in [5.41, 5.74) is 1.74. The van der Waals surface area contributed by atoms with Gasteiger partial charge >= 0.3 is 5.69 Å². The molecule has 0 spiro atoms. The third-order valence-electron chi connectivity index (χ3n) is 4.42. The van der Waals surface area contributed by atoms with Crippen LogP contribution >= 0.6 is 0 Å². The van der Waals surface area contributed by atoms with Crippen molar-refractivity contribution in [1.82, 2.24) is 28.9 Å². The number of aryl methyl sites for hydroxylation is 4. The molecule has 0 unspecified atom stereocenters. The van der Waals surface area contributed by atoms with Gasteiger partial charge < -0.3 is 4.57 Å². The maximum Gasteiger partial charge on any atom is 0.329 e. The topological polar surface area (TPSA) is 90.5 Å². The van der Waals surface area contributed by atoms with E-state index in [9.17, 15) is 9.59 Å². The van der Waals surface area contributed by atoms with Crippen LogP contribution in [0.1, 0.15) is 44.0 Å². The van der Waals surface area contributed by atoms with Gasteiger partial charge in [-0.3, -0.25) is 14.3 Å². The number of fused-ring (bicyclic) bond motifs is 1. The monoisotopic (exact) mass is 344 g/mol. The number of unbranched alkanes of at least 4 members (excludes halogenated alkanes) is 3. The van der Waals surface area contributed by atoms with E-state index in [0.29, 0.717) is 23.7 Å². The number of nitrogens with zero attached hydrogens (tertiary/aromatic N) is 5. The van der Waals surface area contributed by atoms with Crippen LogP contribution < -0.4 is 11.2 Å². The number of H-pyrrole nitrogens is 1. The largest absolute Gasteiger partial charge is 0.329 e. The lowest BCUT2D eigenvalue weighted by Gasteiger charge is -2.09. The predicted molar refractivity (Wildman–Crippen MR) is 96.3 cm³/mol. The fourth-order valence-electron chi connectivity index (χ4n) is 3.12. The zero-order chi connectivity index (χ0) is 18.1. The fourth-order valence-corrected chi connectivity index (χ4v) is 3.12.